The highest BCUT2D eigenvalue weighted by Gasteiger charge is 2.38. The van der Waals surface area contributed by atoms with E-state index in [0.29, 0.717) is 0 Å². The van der Waals surface area contributed by atoms with Crippen LogP contribution in [0.5, 0.6) is 11.5 Å². The second-order valence-corrected chi connectivity index (χ2v) is 12.2. The summed E-state index contributed by atoms with van der Waals surface area (Å²) in [5.74, 6) is 1.62. The zero-order valence-corrected chi connectivity index (χ0v) is 21.3. The Bertz CT molecular complexity index is 1030. The van der Waals surface area contributed by atoms with Gasteiger partial charge in [0.1, 0.15) is 22.6 Å². The Morgan fingerprint density at radius 1 is 0.735 bits per heavy atom. The molecule has 0 radical (unpaired) electrons. The second-order valence-electron chi connectivity index (χ2n) is 9.54. The van der Waals surface area contributed by atoms with Gasteiger partial charge < -0.3 is 9.47 Å². The summed E-state index contributed by atoms with van der Waals surface area (Å²) in [7, 11) is 3.03. The summed E-state index contributed by atoms with van der Waals surface area (Å²) in [4.78, 5) is 0. The third-order valence-electron chi connectivity index (χ3n) is 7.50. The molecular weight excluding hydrogens is 441 g/mol. The Kier molecular flexibility index (Phi) is 7.49. The van der Waals surface area contributed by atoms with E-state index in [9.17, 15) is 0 Å². The van der Waals surface area contributed by atoms with Crippen molar-refractivity contribution in [3.63, 3.8) is 0 Å². The van der Waals surface area contributed by atoms with Crippen LogP contribution in [0, 0.1) is 0 Å². The molecule has 0 bridgehead atoms. The fraction of sp³-hybridized carbons (Fsp3) is 0.500. The van der Waals surface area contributed by atoms with E-state index in [1.54, 1.807) is 14.2 Å². The molecule has 0 saturated heterocycles. The molecule has 0 aliphatic heterocycles. The van der Waals surface area contributed by atoms with Gasteiger partial charge >= 0.3 is 0 Å². The summed E-state index contributed by atoms with van der Waals surface area (Å²) in [5, 5.41) is 9.80. The maximum absolute atomic E-state index is 5.89. The molecule has 2 saturated carbocycles. The zero-order valence-electron chi connectivity index (χ0n) is 20.4. The number of para-hydroxylation sites is 1. The third-order valence-corrected chi connectivity index (χ3v) is 10.9. The second kappa shape index (κ2) is 10.9. The number of nitrogens with zero attached hydrogens (tertiary/aromatic N) is 3. The van der Waals surface area contributed by atoms with E-state index in [-0.39, 0.29) is 0 Å². The molecule has 0 N–H and O–H groups in total. The van der Waals surface area contributed by atoms with Gasteiger partial charge in [-0.15, -0.1) is 5.10 Å². The molecule has 5 rings (SSSR count). The molecule has 0 spiro atoms. The van der Waals surface area contributed by atoms with Crippen molar-refractivity contribution in [2.24, 2.45) is 0 Å². The number of hydrogen-bond donors (Lipinski definition) is 0. The lowest BCUT2D eigenvalue weighted by molar-refractivity contribution is 0.397. The lowest BCUT2D eigenvalue weighted by Gasteiger charge is -2.37. The fourth-order valence-electron chi connectivity index (χ4n) is 5.86. The lowest BCUT2D eigenvalue weighted by atomic mass is 9.99. The van der Waals surface area contributed by atoms with E-state index < -0.39 is 7.92 Å². The van der Waals surface area contributed by atoms with E-state index in [1.165, 1.54) is 69.6 Å². The van der Waals surface area contributed by atoms with Gasteiger partial charge in [0.2, 0.25) is 0 Å². The Morgan fingerprint density at radius 3 is 1.82 bits per heavy atom. The van der Waals surface area contributed by atoms with E-state index >= 15 is 0 Å². The Hall–Kier alpha value is -2.39. The van der Waals surface area contributed by atoms with Crippen molar-refractivity contribution in [2.75, 3.05) is 14.2 Å². The Balaban J connectivity index is 1.73. The predicted molar refractivity (Wildman–Crippen MR) is 140 cm³/mol. The van der Waals surface area contributed by atoms with Gasteiger partial charge in [-0.2, -0.15) is 0 Å². The molecular formula is C28H36N3O2P. The molecule has 0 atom stereocenters. The lowest BCUT2D eigenvalue weighted by Crippen LogP contribution is -2.28. The fourth-order valence-corrected chi connectivity index (χ4v) is 9.59. The average Bonchev–Trinajstić information content (AvgIpc) is 3.34. The van der Waals surface area contributed by atoms with Gasteiger partial charge in [-0.25, -0.2) is 4.68 Å². The third kappa shape index (κ3) is 4.60. The first-order valence-corrected chi connectivity index (χ1v) is 14.3. The van der Waals surface area contributed by atoms with Crippen LogP contribution >= 0.6 is 7.92 Å². The minimum atomic E-state index is -0.446. The van der Waals surface area contributed by atoms with Crippen LogP contribution in [0.15, 0.2) is 48.5 Å². The minimum Gasteiger partial charge on any atom is -0.496 e. The summed E-state index contributed by atoms with van der Waals surface area (Å²) < 4.78 is 13.8. The molecule has 1 heterocycles. The highest BCUT2D eigenvalue weighted by atomic mass is 31.1. The van der Waals surface area contributed by atoms with E-state index in [1.807, 2.05) is 28.9 Å². The van der Waals surface area contributed by atoms with Gasteiger partial charge in [0.15, 0.2) is 0 Å². The normalized spacial score (nSPS) is 17.7. The van der Waals surface area contributed by atoms with Crippen molar-refractivity contribution in [1.82, 2.24) is 15.0 Å². The summed E-state index contributed by atoms with van der Waals surface area (Å²) in [6, 6.07) is 16.4. The Labute approximate surface area is 204 Å². The van der Waals surface area contributed by atoms with Crippen molar-refractivity contribution >= 4 is 13.4 Å². The van der Waals surface area contributed by atoms with Gasteiger partial charge in [0, 0.05) is 0 Å². The van der Waals surface area contributed by atoms with Gasteiger partial charge in [-0.1, -0.05) is 68.0 Å². The van der Waals surface area contributed by atoms with Crippen LogP contribution in [0.25, 0.3) is 16.9 Å². The molecule has 2 fully saturated rings. The predicted octanol–water partition coefficient (Wildman–Crippen LogP) is 6.72. The molecule has 5 nitrogen and oxygen atoms in total. The van der Waals surface area contributed by atoms with Crippen LogP contribution < -0.4 is 14.9 Å². The molecule has 2 aliphatic carbocycles. The average molecular weight is 478 g/mol. The van der Waals surface area contributed by atoms with Crippen molar-refractivity contribution < 1.29 is 9.47 Å². The summed E-state index contributed by atoms with van der Waals surface area (Å²) >= 11 is 0. The van der Waals surface area contributed by atoms with Crippen molar-refractivity contribution in [3.05, 3.63) is 48.5 Å². The van der Waals surface area contributed by atoms with E-state index in [4.69, 9.17) is 19.8 Å². The molecule has 34 heavy (non-hydrogen) atoms. The molecule has 0 amide bonds. The van der Waals surface area contributed by atoms with Crippen LogP contribution in [-0.4, -0.2) is 40.5 Å². The van der Waals surface area contributed by atoms with Crippen LogP contribution in [0.1, 0.15) is 64.2 Å². The highest BCUT2D eigenvalue weighted by molar-refractivity contribution is 7.67. The number of ether oxygens (including phenoxy) is 2. The van der Waals surface area contributed by atoms with Crippen LogP contribution in [-0.2, 0) is 0 Å². The molecule has 180 valence electrons. The van der Waals surface area contributed by atoms with E-state index in [2.05, 4.69) is 24.3 Å². The topological polar surface area (TPSA) is 49.2 Å². The summed E-state index contributed by atoms with van der Waals surface area (Å²) in [6.45, 7) is 0. The molecule has 6 heteroatoms. The largest absolute Gasteiger partial charge is 0.496 e. The van der Waals surface area contributed by atoms with Crippen molar-refractivity contribution in [3.8, 4) is 28.4 Å². The van der Waals surface area contributed by atoms with Gasteiger partial charge in [-0.3, -0.25) is 0 Å². The first-order chi connectivity index (χ1) is 16.8. The number of rotatable bonds is 7. The monoisotopic (exact) mass is 477 g/mol. The summed E-state index contributed by atoms with van der Waals surface area (Å²) in [6.07, 6.45) is 13.4. The smallest absolute Gasteiger partial charge is 0.132 e. The van der Waals surface area contributed by atoms with Crippen LogP contribution in [0.3, 0.4) is 0 Å². The standard InChI is InChI=1S/C28H36N3O2P/c1-32-24-19-12-20-25(33-2)26(24)27-28(29-30-31(27)21-13-6-3-7-14-21)34(22-15-8-4-9-16-22)23-17-10-5-11-18-23/h3,6-7,12-14,19-20,22-23H,4-5,8-11,15-18H2,1-2H3. The number of benzene rings is 2. The molecule has 1 aromatic heterocycles. The quantitative estimate of drug-likeness (QED) is 0.354. The van der Waals surface area contributed by atoms with Gasteiger partial charge in [0.25, 0.3) is 0 Å². The van der Waals surface area contributed by atoms with Crippen molar-refractivity contribution in [2.45, 2.75) is 75.5 Å². The van der Waals surface area contributed by atoms with Gasteiger partial charge in [-0.05, 0) is 69.2 Å². The number of hydrogen-bond acceptors (Lipinski definition) is 4. The van der Waals surface area contributed by atoms with Crippen LogP contribution in [0.2, 0.25) is 0 Å². The van der Waals surface area contributed by atoms with Crippen molar-refractivity contribution in [1.29, 1.82) is 0 Å². The first kappa shape index (κ1) is 23.4. The maximum atomic E-state index is 5.89. The maximum Gasteiger partial charge on any atom is 0.132 e. The van der Waals surface area contributed by atoms with Gasteiger partial charge in [0.05, 0.1) is 25.5 Å². The Morgan fingerprint density at radius 2 is 1.29 bits per heavy atom. The van der Waals surface area contributed by atoms with E-state index in [0.717, 1.165) is 39.8 Å². The van der Waals surface area contributed by atoms with Crippen LogP contribution in [0.4, 0.5) is 0 Å². The molecule has 2 aliphatic rings. The SMILES string of the molecule is COc1cccc(OC)c1-c1c(P(C2CCCCC2)C2CCCCC2)nnn1-c1ccccc1. The number of aromatic nitrogens is 3. The molecule has 2 aromatic carbocycles. The summed E-state index contributed by atoms with van der Waals surface area (Å²) in [5.41, 5.74) is 5.70. The molecule has 3 aromatic rings. The number of methoxy groups -OCH3 is 2. The molecule has 0 unspecified atom stereocenters. The zero-order chi connectivity index (χ0) is 23.3. The minimum absolute atomic E-state index is 0.446. The highest BCUT2D eigenvalue weighted by Crippen LogP contribution is 2.56. The first-order valence-electron chi connectivity index (χ1n) is 12.8.